The van der Waals surface area contributed by atoms with Crippen molar-refractivity contribution >= 4 is 17.9 Å². The van der Waals surface area contributed by atoms with Crippen molar-refractivity contribution < 1.29 is 42.9 Å². The number of unbranched alkanes of at least 4 members (excludes halogenated alkanes) is 15. The summed E-state index contributed by atoms with van der Waals surface area (Å²) in [4.78, 5) is 36.9. The molecular formula is C48H83NO8. The van der Waals surface area contributed by atoms with Crippen molar-refractivity contribution in [3.05, 3.63) is 60.8 Å². The predicted molar refractivity (Wildman–Crippen MR) is 232 cm³/mol. The maximum Gasteiger partial charge on any atom is 0.306 e. The number of hydrogen-bond acceptors (Lipinski definition) is 8. The Labute approximate surface area is 348 Å². The number of rotatable bonds is 40. The number of likely N-dealkylation sites (N-methyl/N-ethyl adjacent to an activating group) is 1. The van der Waals surface area contributed by atoms with E-state index in [4.69, 9.17) is 18.9 Å². The molecule has 0 aliphatic rings. The number of carboxylic acid groups (broad SMARTS) is 1. The van der Waals surface area contributed by atoms with Crippen LogP contribution in [0.3, 0.4) is 0 Å². The minimum absolute atomic E-state index is 0.142. The Balaban J connectivity index is 4.46. The first kappa shape index (κ1) is 54.0. The third-order valence-corrected chi connectivity index (χ3v) is 9.28. The third kappa shape index (κ3) is 41.0. The Morgan fingerprint density at radius 2 is 1.00 bits per heavy atom. The molecule has 0 bridgehead atoms. The molecule has 0 amide bonds. The Hall–Kier alpha value is -3.01. The Morgan fingerprint density at radius 1 is 0.544 bits per heavy atom. The summed E-state index contributed by atoms with van der Waals surface area (Å²) >= 11 is 0. The number of nitrogens with zero attached hydrogens (tertiary/aromatic N) is 1. The monoisotopic (exact) mass is 802 g/mol. The smallest absolute Gasteiger partial charge is 0.306 e. The van der Waals surface area contributed by atoms with Gasteiger partial charge in [-0.25, -0.2) is 0 Å². The summed E-state index contributed by atoms with van der Waals surface area (Å²) in [5.41, 5.74) is 0. The van der Waals surface area contributed by atoms with E-state index in [9.17, 15) is 19.5 Å². The van der Waals surface area contributed by atoms with E-state index >= 15 is 0 Å². The van der Waals surface area contributed by atoms with Crippen LogP contribution in [0.2, 0.25) is 0 Å². The largest absolute Gasteiger partial charge is 0.545 e. The highest BCUT2D eigenvalue weighted by Crippen LogP contribution is 2.13. The number of quaternary nitrogens is 1. The van der Waals surface area contributed by atoms with Crippen LogP contribution in [0.25, 0.3) is 0 Å². The van der Waals surface area contributed by atoms with Crippen molar-refractivity contribution in [1.82, 2.24) is 0 Å². The summed E-state index contributed by atoms with van der Waals surface area (Å²) in [5.74, 6) is -2.32. The minimum Gasteiger partial charge on any atom is -0.545 e. The lowest BCUT2D eigenvalue weighted by molar-refractivity contribution is -0.870. The molecule has 9 nitrogen and oxygen atoms in total. The molecule has 0 fully saturated rings. The standard InChI is InChI=1S/C48H83NO8/c1-6-8-10-12-14-16-18-19-20-21-22-23-24-25-26-27-29-31-33-35-37-39-46(51)57-44(43-56-48(47(52)53)54-41-40-49(3,4)5)42-55-45(50)38-36-34-32-30-28-17-15-13-11-9-7-2/h8,10,14,16,19-20,22-23,25-26,44,48H,6-7,9,11-13,15,17-18,21,24,27-43H2,1-5H3/b10-8-,16-14-,20-19-,23-22-,26-25-. The van der Waals surface area contributed by atoms with Crippen molar-refractivity contribution in [2.45, 2.75) is 180 Å². The number of carboxylic acids is 1. The molecule has 0 N–H and O–H groups in total. The number of ether oxygens (including phenoxy) is 4. The SMILES string of the molecule is CC/C=C\C/C=C\C/C=C\C/C=C\C/C=C\CCCCCCCC(=O)OC(COC(=O)CCCCCCCCCCCCC)COC(OCC[N+](C)(C)C)C(=O)[O-]. The van der Waals surface area contributed by atoms with Crippen LogP contribution in [0.15, 0.2) is 60.8 Å². The highest BCUT2D eigenvalue weighted by atomic mass is 16.7. The van der Waals surface area contributed by atoms with Crippen molar-refractivity contribution in [3.63, 3.8) is 0 Å². The van der Waals surface area contributed by atoms with E-state index < -0.39 is 24.3 Å². The van der Waals surface area contributed by atoms with E-state index in [-0.39, 0.29) is 38.6 Å². The fourth-order valence-corrected chi connectivity index (χ4v) is 5.80. The summed E-state index contributed by atoms with van der Waals surface area (Å²) < 4.78 is 22.5. The van der Waals surface area contributed by atoms with Gasteiger partial charge in [0.1, 0.15) is 13.2 Å². The van der Waals surface area contributed by atoms with E-state index in [1.807, 2.05) is 21.1 Å². The second kappa shape index (κ2) is 39.8. The lowest BCUT2D eigenvalue weighted by atomic mass is 10.1. The van der Waals surface area contributed by atoms with Crippen LogP contribution in [0, 0.1) is 0 Å². The van der Waals surface area contributed by atoms with Crippen molar-refractivity contribution in [2.24, 2.45) is 0 Å². The fourth-order valence-electron chi connectivity index (χ4n) is 5.80. The highest BCUT2D eigenvalue weighted by molar-refractivity contribution is 5.70. The second-order valence-corrected chi connectivity index (χ2v) is 16.0. The van der Waals surface area contributed by atoms with Crippen LogP contribution >= 0.6 is 0 Å². The fraction of sp³-hybridized carbons (Fsp3) is 0.729. The molecule has 57 heavy (non-hydrogen) atoms. The predicted octanol–water partition coefficient (Wildman–Crippen LogP) is 10.4. The Kier molecular flexibility index (Phi) is 37.7. The minimum atomic E-state index is -1.63. The van der Waals surface area contributed by atoms with Crippen LogP contribution in [0.4, 0.5) is 0 Å². The highest BCUT2D eigenvalue weighted by Gasteiger charge is 2.21. The van der Waals surface area contributed by atoms with E-state index in [1.165, 1.54) is 51.4 Å². The molecule has 2 atom stereocenters. The Bertz CT molecular complexity index is 1120. The molecule has 0 aromatic rings. The maximum absolute atomic E-state index is 12.7. The molecule has 0 rings (SSSR count). The third-order valence-electron chi connectivity index (χ3n) is 9.28. The van der Waals surface area contributed by atoms with Crippen molar-refractivity contribution in [1.29, 1.82) is 0 Å². The topological polar surface area (TPSA) is 111 Å². The number of carbonyl (C=O) groups excluding carboxylic acids is 3. The molecule has 0 spiro atoms. The maximum atomic E-state index is 12.7. The molecular weight excluding hydrogens is 719 g/mol. The summed E-state index contributed by atoms with van der Waals surface area (Å²) in [6.07, 6.45) is 43.9. The molecule has 328 valence electrons. The first-order valence-corrected chi connectivity index (χ1v) is 22.4. The van der Waals surface area contributed by atoms with Gasteiger partial charge in [-0.05, 0) is 57.8 Å². The van der Waals surface area contributed by atoms with Crippen molar-refractivity contribution in [3.8, 4) is 0 Å². The summed E-state index contributed by atoms with van der Waals surface area (Å²) in [6, 6.07) is 0. The number of carbonyl (C=O) groups is 3. The number of esters is 2. The van der Waals surface area contributed by atoms with E-state index in [0.29, 0.717) is 17.4 Å². The van der Waals surface area contributed by atoms with Gasteiger partial charge < -0.3 is 33.3 Å². The molecule has 9 heteroatoms. The molecule has 0 saturated carbocycles. The van der Waals surface area contributed by atoms with Crippen LogP contribution in [0.5, 0.6) is 0 Å². The summed E-state index contributed by atoms with van der Waals surface area (Å²) in [6.45, 7) is 4.58. The van der Waals surface area contributed by atoms with Crippen molar-refractivity contribution in [2.75, 3.05) is 47.5 Å². The van der Waals surface area contributed by atoms with Gasteiger partial charge in [0, 0.05) is 12.8 Å². The van der Waals surface area contributed by atoms with Crippen LogP contribution < -0.4 is 5.11 Å². The van der Waals surface area contributed by atoms with Gasteiger partial charge in [-0.1, -0.05) is 158 Å². The van der Waals surface area contributed by atoms with E-state index in [1.54, 1.807) is 0 Å². The molecule has 0 saturated heterocycles. The zero-order valence-electron chi connectivity index (χ0n) is 36.9. The van der Waals surface area contributed by atoms with Gasteiger partial charge in [0.25, 0.3) is 0 Å². The molecule has 0 aromatic carbocycles. The summed E-state index contributed by atoms with van der Waals surface area (Å²) in [5, 5.41) is 11.7. The molecule has 0 aliphatic carbocycles. The average molecular weight is 802 g/mol. The normalized spacial score (nSPS) is 13.5. The summed E-state index contributed by atoms with van der Waals surface area (Å²) in [7, 11) is 5.89. The van der Waals surface area contributed by atoms with Gasteiger partial charge in [-0.15, -0.1) is 0 Å². The molecule has 0 radical (unpaired) electrons. The number of allylic oxidation sites excluding steroid dienone is 10. The van der Waals surface area contributed by atoms with Crippen LogP contribution in [0.1, 0.15) is 168 Å². The first-order chi connectivity index (χ1) is 27.6. The van der Waals surface area contributed by atoms with Gasteiger partial charge in [0.2, 0.25) is 0 Å². The van der Waals surface area contributed by atoms with Crippen LogP contribution in [-0.2, 0) is 33.3 Å². The Morgan fingerprint density at radius 3 is 1.49 bits per heavy atom. The van der Waals surface area contributed by atoms with Crippen LogP contribution in [-0.4, -0.2) is 82.3 Å². The zero-order chi connectivity index (χ0) is 42.1. The van der Waals surface area contributed by atoms with Gasteiger partial charge in [0.05, 0.1) is 40.3 Å². The van der Waals surface area contributed by atoms with Gasteiger partial charge >= 0.3 is 11.9 Å². The van der Waals surface area contributed by atoms with Gasteiger partial charge in [0.15, 0.2) is 12.4 Å². The average Bonchev–Trinajstić information content (AvgIpc) is 3.17. The molecule has 0 aliphatic heterocycles. The lowest BCUT2D eigenvalue weighted by Gasteiger charge is -2.26. The number of aliphatic carboxylic acids is 1. The van der Waals surface area contributed by atoms with Gasteiger partial charge in [-0.3, -0.25) is 9.59 Å². The molecule has 2 unspecified atom stereocenters. The van der Waals surface area contributed by atoms with Gasteiger partial charge in [-0.2, -0.15) is 0 Å². The lowest BCUT2D eigenvalue weighted by Crippen LogP contribution is -2.44. The number of hydrogen-bond donors (Lipinski definition) is 0. The quantitative estimate of drug-likeness (QED) is 0.0198. The zero-order valence-corrected chi connectivity index (χ0v) is 36.9. The van der Waals surface area contributed by atoms with E-state index in [2.05, 4.69) is 74.6 Å². The first-order valence-electron chi connectivity index (χ1n) is 22.4. The molecule has 0 heterocycles. The molecule has 0 aromatic heterocycles. The van der Waals surface area contributed by atoms with E-state index in [0.717, 1.165) is 83.5 Å². The second-order valence-electron chi connectivity index (χ2n) is 16.0.